The standard InChI is InChI=1S/C49H44/c1-48(2,3)37-26-28-38-36(29-37)30-42-41(38)31-43(44(33-19-12-8-13-20-33)34-21-14-9-15-22-34)47(49(4,5)6)46(42)40-27-25-35-23-16-24-39(45(35)40)32-17-10-7-11-18-32/h7-31,40H,1-6H3. The Morgan fingerprint density at radius 2 is 1.14 bits per heavy atom. The van der Waals surface area contributed by atoms with E-state index in [2.05, 4.69) is 193 Å². The normalized spacial score (nSPS) is 14.6. The van der Waals surface area contributed by atoms with Gasteiger partial charge in [0.05, 0.1) is 0 Å². The largest absolute Gasteiger partial charge is 0.0720 e. The molecule has 0 aliphatic heterocycles. The molecule has 2 aliphatic carbocycles. The summed E-state index contributed by atoms with van der Waals surface area (Å²) in [5, 5.41) is 2.68. The predicted octanol–water partition coefficient (Wildman–Crippen LogP) is 11.2. The second-order valence-corrected chi connectivity index (χ2v) is 15.7. The summed E-state index contributed by atoms with van der Waals surface area (Å²) in [6.45, 7) is 14.1. The van der Waals surface area contributed by atoms with Crippen LogP contribution in [-0.4, -0.2) is 0 Å². The maximum absolute atomic E-state index is 2.52. The molecule has 0 fully saturated rings. The van der Waals surface area contributed by atoms with E-state index >= 15 is 0 Å². The number of hydrogen-bond donors (Lipinski definition) is 0. The minimum Gasteiger partial charge on any atom is -0.0720 e. The molecule has 0 nitrogen and oxygen atoms in total. The van der Waals surface area contributed by atoms with Crippen LogP contribution in [0, 0.1) is 0 Å². The molecule has 0 radical (unpaired) electrons. The van der Waals surface area contributed by atoms with Crippen molar-refractivity contribution in [3.8, 4) is 22.3 Å². The summed E-state index contributed by atoms with van der Waals surface area (Å²) in [5.74, 6) is 0.106. The first-order valence-electron chi connectivity index (χ1n) is 17.7. The molecule has 6 aromatic rings. The van der Waals surface area contributed by atoms with Crippen LogP contribution in [0.3, 0.4) is 0 Å². The minimum atomic E-state index is -0.147. The fourth-order valence-corrected chi connectivity index (χ4v) is 8.14. The van der Waals surface area contributed by atoms with Crippen molar-refractivity contribution in [1.29, 1.82) is 0 Å². The Morgan fingerprint density at radius 3 is 1.76 bits per heavy atom. The molecular formula is C49H44. The van der Waals surface area contributed by atoms with E-state index in [0.717, 1.165) is 0 Å². The summed E-state index contributed by atoms with van der Waals surface area (Å²) in [7, 11) is 0. The predicted molar refractivity (Wildman–Crippen MR) is 209 cm³/mol. The Hall–Kier alpha value is -5.20. The molecule has 0 saturated heterocycles. The molecule has 6 aromatic carbocycles. The molecule has 0 N–H and O–H groups in total. The van der Waals surface area contributed by atoms with E-state index in [1.54, 1.807) is 0 Å². The van der Waals surface area contributed by atoms with Gasteiger partial charge < -0.3 is 0 Å². The molecule has 0 bridgehead atoms. The average molecular weight is 633 g/mol. The zero-order valence-corrected chi connectivity index (χ0v) is 29.5. The second kappa shape index (κ2) is 11.7. The van der Waals surface area contributed by atoms with Crippen LogP contribution >= 0.6 is 0 Å². The number of allylic oxidation sites excluding steroid dienone is 1. The van der Waals surface area contributed by atoms with Crippen molar-refractivity contribution in [2.24, 2.45) is 0 Å². The van der Waals surface area contributed by atoms with Crippen molar-refractivity contribution in [2.45, 2.75) is 58.3 Å². The molecule has 0 heterocycles. The van der Waals surface area contributed by atoms with Gasteiger partial charge in [0.2, 0.25) is 0 Å². The van der Waals surface area contributed by atoms with Crippen molar-refractivity contribution < 1.29 is 0 Å². The van der Waals surface area contributed by atoms with Gasteiger partial charge in [-0.25, -0.2) is 0 Å². The first kappa shape index (κ1) is 31.1. The Morgan fingerprint density at radius 1 is 0.510 bits per heavy atom. The highest BCUT2D eigenvalue weighted by Gasteiger charge is 2.33. The summed E-state index contributed by atoms with van der Waals surface area (Å²) >= 11 is 0. The van der Waals surface area contributed by atoms with Crippen LogP contribution in [0.2, 0.25) is 0 Å². The van der Waals surface area contributed by atoms with E-state index in [1.807, 2.05) is 0 Å². The third-order valence-corrected chi connectivity index (χ3v) is 10.4. The van der Waals surface area contributed by atoms with Crippen LogP contribution < -0.4 is 10.4 Å². The monoisotopic (exact) mass is 632 g/mol. The SMILES string of the molecule is CC(C)(C)c1ccc2c(c1)C=c1c-2cc(=C(c2ccccc2)c2ccccc2)c(C(C)(C)C)c1C1C=Cc2cccc(-c3ccccc3)c21. The van der Waals surface area contributed by atoms with Gasteiger partial charge in [-0.15, -0.1) is 0 Å². The molecule has 0 amide bonds. The Kier molecular flexibility index (Phi) is 7.45. The maximum atomic E-state index is 2.52. The first-order chi connectivity index (χ1) is 23.6. The minimum absolute atomic E-state index is 0.0709. The molecule has 8 rings (SSSR count). The zero-order chi connectivity index (χ0) is 33.9. The van der Waals surface area contributed by atoms with Crippen LogP contribution in [0.25, 0.3) is 40.0 Å². The summed E-state index contributed by atoms with van der Waals surface area (Å²) in [4.78, 5) is 0. The Labute approximate surface area is 291 Å². The molecule has 49 heavy (non-hydrogen) atoms. The molecule has 240 valence electrons. The highest BCUT2D eigenvalue weighted by atomic mass is 14.4. The fraction of sp³-hybridized carbons (Fsp3) is 0.184. The Balaban J connectivity index is 1.56. The Bertz CT molecular complexity index is 2320. The highest BCUT2D eigenvalue weighted by molar-refractivity contribution is 5.89. The maximum Gasteiger partial charge on any atom is 0.0294 e. The van der Waals surface area contributed by atoms with Crippen molar-refractivity contribution in [3.63, 3.8) is 0 Å². The molecule has 0 aromatic heterocycles. The van der Waals surface area contributed by atoms with Crippen molar-refractivity contribution in [2.75, 3.05) is 0 Å². The first-order valence-corrected chi connectivity index (χ1v) is 17.7. The van der Waals surface area contributed by atoms with Gasteiger partial charge in [-0.05, 0) is 106 Å². The van der Waals surface area contributed by atoms with Gasteiger partial charge in [-0.3, -0.25) is 0 Å². The van der Waals surface area contributed by atoms with Gasteiger partial charge in [0.1, 0.15) is 0 Å². The molecule has 0 heteroatoms. The van der Waals surface area contributed by atoms with Crippen molar-refractivity contribution >= 4 is 17.7 Å². The molecule has 0 spiro atoms. The quantitative estimate of drug-likeness (QED) is 0.181. The van der Waals surface area contributed by atoms with Crippen LogP contribution in [0.1, 0.15) is 92.0 Å². The van der Waals surface area contributed by atoms with E-state index in [-0.39, 0.29) is 16.7 Å². The molecule has 0 saturated carbocycles. The molecule has 1 atom stereocenters. The number of fused-ring (bicyclic) bond motifs is 4. The third kappa shape index (κ3) is 5.41. The number of benzene rings is 6. The molecular weight excluding hydrogens is 589 g/mol. The van der Waals surface area contributed by atoms with Gasteiger partial charge in [-0.2, -0.15) is 0 Å². The van der Waals surface area contributed by atoms with Gasteiger partial charge in [0.25, 0.3) is 0 Å². The van der Waals surface area contributed by atoms with E-state index < -0.39 is 0 Å². The van der Waals surface area contributed by atoms with Gasteiger partial charge >= 0.3 is 0 Å². The van der Waals surface area contributed by atoms with Crippen LogP contribution in [0.4, 0.5) is 0 Å². The summed E-state index contributed by atoms with van der Waals surface area (Å²) < 4.78 is 0. The van der Waals surface area contributed by atoms with Crippen LogP contribution in [-0.2, 0) is 10.8 Å². The smallest absolute Gasteiger partial charge is 0.0294 e. The molecule has 1 unspecified atom stereocenters. The van der Waals surface area contributed by atoms with E-state index in [9.17, 15) is 0 Å². The lowest BCUT2D eigenvalue weighted by Gasteiger charge is -2.30. The zero-order valence-electron chi connectivity index (χ0n) is 29.5. The topological polar surface area (TPSA) is 0 Å². The van der Waals surface area contributed by atoms with Crippen molar-refractivity contribution in [1.82, 2.24) is 0 Å². The van der Waals surface area contributed by atoms with E-state index in [1.165, 1.54) is 82.8 Å². The highest BCUT2D eigenvalue weighted by Crippen LogP contribution is 2.45. The number of hydrogen-bond acceptors (Lipinski definition) is 0. The van der Waals surface area contributed by atoms with E-state index in [4.69, 9.17) is 0 Å². The van der Waals surface area contributed by atoms with E-state index in [0.29, 0.717) is 0 Å². The lowest BCUT2D eigenvalue weighted by Crippen LogP contribution is -2.34. The van der Waals surface area contributed by atoms with Gasteiger partial charge in [0, 0.05) is 5.92 Å². The van der Waals surface area contributed by atoms with Crippen molar-refractivity contribution in [3.05, 3.63) is 194 Å². The average Bonchev–Trinajstić information content (AvgIpc) is 3.70. The second-order valence-electron chi connectivity index (χ2n) is 15.7. The van der Waals surface area contributed by atoms with Gasteiger partial charge in [-0.1, -0.05) is 181 Å². The van der Waals surface area contributed by atoms with Gasteiger partial charge in [0.15, 0.2) is 0 Å². The van der Waals surface area contributed by atoms with Crippen LogP contribution in [0.5, 0.6) is 0 Å². The number of rotatable bonds is 4. The summed E-state index contributed by atoms with van der Waals surface area (Å²) in [6.07, 6.45) is 7.32. The van der Waals surface area contributed by atoms with Crippen LogP contribution in [0.15, 0.2) is 140 Å². The summed E-state index contributed by atoms with van der Waals surface area (Å²) in [6, 6.07) is 49.4. The molecule has 2 aliphatic rings. The lowest BCUT2D eigenvalue weighted by atomic mass is 9.73. The summed E-state index contributed by atoms with van der Waals surface area (Å²) in [5.41, 5.74) is 17.2. The third-order valence-electron chi connectivity index (χ3n) is 10.4. The fourth-order valence-electron chi connectivity index (χ4n) is 8.14. The lowest BCUT2D eigenvalue weighted by molar-refractivity contribution is 0.576.